The lowest BCUT2D eigenvalue weighted by Gasteiger charge is -2.25. The van der Waals surface area contributed by atoms with E-state index < -0.39 is 34.4 Å². The van der Waals surface area contributed by atoms with Gasteiger partial charge in [-0.05, 0) is 48.6 Å². The first kappa shape index (κ1) is 28.3. The van der Waals surface area contributed by atoms with E-state index in [1.165, 1.54) is 12.1 Å². The third-order valence-corrected chi connectivity index (χ3v) is 8.11. The molecule has 2 fully saturated rings. The largest absolute Gasteiger partial charge is 0.443 e. The highest BCUT2D eigenvalue weighted by molar-refractivity contribution is 7.89. The standard InChI is InChI=1S/C27H37N3O7S/c1-18(2)15-28-20-8-10-21(11-9-20)38(33,34)29-16-24(31)23(14-19-6-4-3-5-7-19)30-27(32)37-25-17-36-26-22(25)12-13-35-26/h3-11,18,22-26,28-29,31H,12-17H2,1-2H3,(H,30,32)/t22-,23+,24+,25-,26+/m0/s1. The van der Waals surface area contributed by atoms with Gasteiger partial charge in [0.1, 0.15) is 6.10 Å². The number of nitrogens with one attached hydrogen (secondary N) is 3. The fourth-order valence-electron chi connectivity index (χ4n) is 4.52. The molecule has 0 bridgehead atoms. The molecule has 2 saturated heterocycles. The summed E-state index contributed by atoms with van der Waals surface area (Å²) in [5.41, 5.74) is 1.70. The Morgan fingerprint density at radius 1 is 1.08 bits per heavy atom. The first-order valence-corrected chi connectivity index (χ1v) is 14.5. The maximum absolute atomic E-state index is 12.9. The minimum absolute atomic E-state index is 0.0166. The number of fused-ring (bicyclic) bond motifs is 1. The van der Waals surface area contributed by atoms with Crippen molar-refractivity contribution < 1.29 is 32.5 Å². The van der Waals surface area contributed by atoms with Crippen molar-refractivity contribution in [3.05, 3.63) is 60.2 Å². The number of rotatable bonds is 12. The van der Waals surface area contributed by atoms with Crippen molar-refractivity contribution in [2.45, 2.75) is 56.1 Å². The molecule has 2 heterocycles. The molecule has 0 spiro atoms. The molecule has 0 aromatic heterocycles. The molecular formula is C27H37N3O7S. The van der Waals surface area contributed by atoms with Crippen LogP contribution in [0.1, 0.15) is 25.8 Å². The van der Waals surface area contributed by atoms with Gasteiger partial charge in [-0.1, -0.05) is 44.2 Å². The van der Waals surface area contributed by atoms with Crippen LogP contribution in [-0.2, 0) is 30.7 Å². The molecule has 11 heteroatoms. The number of amides is 1. The lowest BCUT2D eigenvalue weighted by Crippen LogP contribution is -2.50. The molecule has 5 atom stereocenters. The van der Waals surface area contributed by atoms with Gasteiger partial charge in [0.25, 0.3) is 0 Å². The molecule has 208 valence electrons. The zero-order valence-electron chi connectivity index (χ0n) is 21.7. The van der Waals surface area contributed by atoms with Gasteiger partial charge in [0.15, 0.2) is 6.29 Å². The summed E-state index contributed by atoms with van der Waals surface area (Å²) in [6.45, 7) is 5.47. The smallest absolute Gasteiger partial charge is 0.407 e. The molecule has 2 aromatic rings. The normalized spacial score (nSPS) is 22.6. The fraction of sp³-hybridized carbons (Fsp3) is 0.519. The number of benzene rings is 2. The molecule has 0 radical (unpaired) electrons. The minimum Gasteiger partial charge on any atom is -0.443 e. The first-order valence-electron chi connectivity index (χ1n) is 13.0. The van der Waals surface area contributed by atoms with Gasteiger partial charge in [0.05, 0.1) is 36.2 Å². The number of aliphatic hydroxyl groups is 1. The van der Waals surface area contributed by atoms with E-state index in [1.54, 1.807) is 12.1 Å². The highest BCUT2D eigenvalue weighted by Gasteiger charge is 2.44. The van der Waals surface area contributed by atoms with E-state index >= 15 is 0 Å². The van der Waals surface area contributed by atoms with Crippen molar-refractivity contribution in [3.63, 3.8) is 0 Å². The number of hydrogen-bond donors (Lipinski definition) is 4. The Labute approximate surface area is 224 Å². The number of carbonyl (C=O) groups is 1. The molecule has 38 heavy (non-hydrogen) atoms. The number of carbonyl (C=O) groups excluding carboxylic acids is 1. The Bertz CT molecular complexity index is 1150. The Hall–Kier alpha value is -2.70. The molecule has 1 amide bonds. The molecule has 2 aliphatic rings. The predicted molar refractivity (Wildman–Crippen MR) is 142 cm³/mol. The summed E-state index contributed by atoms with van der Waals surface area (Å²) in [4.78, 5) is 12.8. The highest BCUT2D eigenvalue weighted by atomic mass is 32.2. The van der Waals surface area contributed by atoms with Gasteiger partial charge in [0.2, 0.25) is 10.0 Å². The van der Waals surface area contributed by atoms with E-state index in [0.717, 1.165) is 24.2 Å². The highest BCUT2D eigenvalue weighted by Crippen LogP contribution is 2.33. The second-order valence-corrected chi connectivity index (χ2v) is 11.9. The summed E-state index contributed by atoms with van der Waals surface area (Å²) in [5.74, 6) is 0.438. The van der Waals surface area contributed by atoms with Crippen molar-refractivity contribution in [3.8, 4) is 0 Å². The summed E-state index contributed by atoms with van der Waals surface area (Å²) in [6, 6.07) is 15.0. The van der Waals surface area contributed by atoms with Gasteiger partial charge in [-0.2, -0.15) is 0 Å². The topological polar surface area (TPSA) is 135 Å². The quantitative estimate of drug-likeness (QED) is 0.318. The number of anilines is 1. The van der Waals surface area contributed by atoms with Gasteiger partial charge < -0.3 is 30.0 Å². The van der Waals surface area contributed by atoms with Crippen LogP contribution in [0, 0.1) is 11.8 Å². The van der Waals surface area contributed by atoms with Gasteiger partial charge in [-0.25, -0.2) is 17.9 Å². The Morgan fingerprint density at radius 3 is 2.53 bits per heavy atom. The number of aliphatic hydroxyl groups excluding tert-OH is 1. The van der Waals surface area contributed by atoms with Crippen molar-refractivity contribution >= 4 is 21.8 Å². The zero-order chi connectivity index (χ0) is 27.1. The first-order chi connectivity index (χ1) is 18.2. The van der Waals surface area contributed by atoms with Crippen molar-refractivity contribution in [1.82, 2.24) is 10.0 Å². The third-order valence-electron chi connectivity index (χ3n) is 6.67. The van der Waals surface area contributed by atoms with Gasteiger partial charge in [-0.15, -0.1) is 0 Å². The number of hydrogen-bond acceptors (Lipinski definition) is 8. The van der Waals surface area contributed by atoms with Gasteiger partial charge >= 0.3 is 6.09 Å². The SMILES string of the molecule is CC(C)CNc1ccc(S(=O)(=O)NC[C@@H](O)[C@@H](Cc2ccccc2)NC(=O)O[C@H]2CO[C@H]3OCC[C@H]32)cc1. The molecular weight excluding hydrogens is 510 g/mol. The van der Waals surface area contributed by atoms with Gasteiger partial charge in [-0.3, -0.25) is 0 Å². The second-order valence-electron chi connectivity index (χ2n) is 10.1. The molecule has 0 saturated carbocycles. The predicted octanol–water partition coefficient (Wildman–Crippen LogP) is 2.49. The Balaban J connectivity index is 1.37. The zero-order valence-corrected chi connectivity index (χ0v) is 22.5. The van der Waals surface area contributed by atoms with Crippen molar-refractivity contribution in [2.24, 2.45) is 11.8 Å². The average Bonchev–Trinajstić information content (AvgIpc) is 3.52. The van der Waals surface area contributed by atoms with E-state index in [2.05, 4.69) is 29.2 Å². The molecule has 2 aromatic carbocycles. The van der Waals surface area contributed by atoms with Crippen LogP contribution in [-0.4, -0.2) is 70.5 Å². The van der Waals surface area contributed by atoms with Crippen LogP contribution in [0.4, 0.5) is 10.5 Å². The second kappa shape index (κ2) is 12.9. The summed E-state index contributed by atoms with van der Waals surface area (Å²) in [5, 5.41) is 16.9. The number of alkyl carbamates (subject to hydrolysis) is 1. The molecule has 2 aliphatic heterocycles. The maximum Gasteiger partial charge on any atom is 0.407 e. The van der Waals surface area contributed by atoms with Crippen LogP contribution in [0.2, 0.25) is 0 Å². The number of sulfonamides is 1. The maximum atomic E-state index is 12.9. The monoisotopic (exact) mass is 547 g/mol. The van der Waals surface area contributed by atoms with Crippen LogP contribution < -0.4 is 15.4 Å². The van der Waals surface area contributed by atoms with E-state index in [4.69, 9.17) is 14.2 Å². The Kier molecular flexibility index (Phi) is 9.61. The van der Waals surface area contributed by atoms with Crippen LogP contribution in [0.5, 0.6) is 0 Å². The van der Waals surface area contributed by atoms with Crippen LogP contribution in [0.25, 0.3) is 0 Å². The van der Waals surface area contributed by atoms with Crippen molar-refractivity contribution in [1.29, 1.82) is 0 Å². The fourth-order valence-corrected chi connectivity index (χ4v) is 5.57. The average molecular weight is 548 g/mol. The van der Waals surface area contributed by atoms with E-state index in [-0.39, 0.29) is 36.7 Å². The summed E-state index contributed by atoms with van der Waals surface area (Å²) >= 11 is 0. The lowest BCUT2D eigenvalue weighted by molar-refractivity contribution is -0.0907. The lowest BCUT2D eigenvalue weighted by atomic mass is 10.0. The molecule has 0 unspecified atom stereocenters. The Morgan fingerprint density at radius 2 is 1.82 bits per heavy atom. The summed E-state index contributed by atoms with van der Waals surface area (Å²) in [6.07, 6.45) is -1.67. The third kappa shape index (κ3) is 7.67. The van der Waals surface area contributed by atoms with E-state index in [1.807, 2.05) is 30.3 Å². The van der Waals surface area contributed by atoms with E-state index in [9.17, 15) is 18.3 Å². The van der Waals surface area contributed by atoms with Crippen molar-refractivity contribution in [2.75, 3.05) is 31.6 Å². The molecule has 4 N–H and O–H groups in total. The van der Waals surface area contributed by atoms with Gasteiger partial charge in [0, 0.05) is 18.8 Å². The molecule has 10 nitrogen and oxygen atoms in total. The summed E-state index contributed by atoms with van der Waals surface area (Å²) in [7, 11) is -3.88. The molecule has 0 aliphatic carbocycles. The number of ether oxygens (including phenoxy) is 3. The van der Waals surface area contributed by atoms with Crippen LogP contribution >= 0.6 is 0 Å². The van der Waals surface area contributed by atoms with E-state index in [0.29, 0.717) is 12.5 Å². The van der Waals surface area contributed by atoms with Crippen LogP contribution in [0.3, 0.4) is 0 Å². The summed E-state index contributed by atoms with van der Waals surface area (Å²) < 4.78 is 44.8. The minimum atomic E-state index is -3.88. The van der Waals surface area contributed by atoms with Crippen LogP contribution in [0.15, 0.2) is 59.5 Å². The molecule has 4 rings (SSSR count).